The predicted octanol–water partition coefficient (Wildman–Crippen LogP) is 3.93. The molecule has 0 radical (unpaired) electrons. The van der Waals surface area contributed by atoms with Crippen LogP contribution in [-0.4, -0.2) is 15.9 Å². The van der Waals surface area contributed by atoms with E-state index < -0.39 is 0 Å². The minimum Gasteiger partial charge on any atom is -0.508 e. The number of rotatable bonds is 3. The van der Waals surface area contributed by atoms with Crippen molar-refractivity contribution < 1.29 is 5.11 Å². The second kappa shape index (κ2) is 5.45. The summed E-state index contributed by atoms with van der Waals surface area (Å²) in [6.07, 6.45) is 3.83. The summed E-state index contributed by atoms with van der Waals surface area (Å²) in [5, 5.41) is 9.25. The number of aromatic hydroxyl groups is 1. The average molecular weight is 262 g/mol. The molecular weight excluding hydrogens is 248 g/mol. The molecule has 1 aromatic heterocycles. The van der Waals surface area contributed by atoms with Crippen molar-refractivity contribution in [3.05, 3.63) is 78.6 Å². The molecule has 0 aliphatic rings. The summed E-state index contributed by atoms with van der Waals surface area (Å²) in [6.45, 7) is 0. The fourth-order valence-corrected chi connectivity index (χ4v) is 2.00. The SMILES string of the molecule is Oc1ccc(N=Cc2cccn2-c2ccccc2)cc1. The number of para-hydroxylation sites is 1. The van der Waals surface area contributed by atoms with Crippen LogP contribution in [0.15, 0.2) is 77.9 Å². The normalized spacial score (nSPS) is 11.0. The largest absolute Gasteiger partial charge is 0.508 e. The Morgan fingerprint density at radius 1 is 0.850 bits per heavy atom. The molecule has 0 bridgehead atoms. The molecule has 3 rings (SSSR count). The molecule has 0 aliphatic carbocycles. The van der Waals surface area contributed by atoms with Gasteiger partial charge in [-0.25, -0.2) is 0 Å². The van der Waals surface area contributed by atoms with E-state index in [0.717, 1.165) is 17.1 Å². The molecule has 0 spiro atoms. The Kier molecular flexibility index (Phi) is 3.33. The maximum atomic E-state index is 9.25. The van der Waals surface area contributed by atoms with E-state index in [-0.39, 0.29) is 5.75 Å². The molecule has 0 amide bonds. The number of nitrogens with zero attached hydrogens (tertiary/aromatic N) is 2. The number of phenols is 1. The van der Waals surface area contributed by atoms with E-state index in [2.05, 4.69) is 21.7 Å². The van der Waals surface area contributed by atoms with Gasteiger partial charge in [-0.2, -0.15) is 0 Å². The van der Waals surface area contributed by atoms with Crippen molar-refractivity contribution in [2.45, 2.75) is 0 Å². The first-order chi connectivity index (χ1) is 9.83. The van der Waals surface area contributed by atoms with Gasteiger partial charge >= 0.3 is 0 Å². The Morgan fingerprint density at radius 2 is 1.60 bits per heavy atom. The number of aromatic nitrogens is 1. The third kappa shape index (κ3) is 2.62. The van der Waals surface area contributed by atoms with Crippen LogP contribution in [0.2, 0.25) is 0 Å². The Balaban J connectivity index is 1.89. The van der Waals surface area contributed by atoms with Crippen LogP contribution < -0.4 is 0 Å². The van der Waals surface area contributed by atoms with E-state index in [1.54, 1.807) is 24.3 Å². The van der Waals surface area contributed by atoms with Crippen LogP contribution >= 0.6 is 0 Å². The number of benzene rings is 2. The molecule has 98 valence electrons. The standard InChI is InChI=1S/C17H14N2O/c20-17-10-8-14(9-11-17)18-13-16-7-4-12-19(16)15-5-2-1-3-6-15/h1-13,20H. The molecule has 2 aromatic carbocycles. The molecule has 3 heteroatoms. The highest BCUT2D eigenvalue weighted by Crippen LogP contribution is 2.17. The molecular formula is C17H14N2O. The van der Waals surface area contributed by atoms with Crippen molar-refractivity contribution >= 4 is 11.9 Å². The van der Waals surface area contributed by atoms with Crippen molar-refractivity contribution in [1.29, 1.82) is 0 Å². The second-order valence-electron chi connectivity index (χ2n) is 4.41. The van der Waals surface area contributed by atoms with Crippen molar-refractivity contribution in [2.75, 3.05) is 0 Å². The third-order valence-corrected chi connectivity index (χ3v) is 3.01. The van der Waals surface area contributed by atoms with Gasteiger partial charge in [-0.15, -0.1) is 0 Å². The van der Waals surface area contributed by atoms with Crippen LogP contribution in [0.5, 0.6) is 5.75 Å². The quantitative estimate of drug-likeness (QED) is 0.713. The lowest BCUT2D eigenvalue weighted by atomic mass is 10.3. The van der Waals surface area contributed by atoms with Gasteiger partial charge in [0.15, 0.2) is 0 Å². The van der Waals surface area contributed by atoms with Gasteiger partial charge in [-0.1, -0.05) is 18.2 Å². The van der Waals surface area contributed by atoms with Crippen molar-refractivity contribution in [3.63, 3.8) is 0 Å². The van der Waals surface area contributed by atoms with Gasteiger partial charge in [0, 0.05) is 11.9 Å². The minimum absolute atomic E-state index is 0.247. The Labute approximate surface area is 117 Å². The van der Waals surface area contributed by atoms with Gasteiger partial charge in [0.2, 0.25) is 0 Å². The summed E-state index contributed by atoms with van der Waals surface area (Å²) in [6, 6.07) is 20.9. The fraction of sp³-hybridized carbons (Fsp3) is 0. The van der Waals surface area contributed by atoms with E-state index in [4.69, 9.17) is 0 Å². The summed E-state index contributed by atoms with van der Waals surface area (Å²) >= 11 is 0. The van der Waals surface area contributed by atoms with Crippen LogP contribution in [0.25, 0.3) is 5.69 Å². The van der Waals surface area contributed by atoms with E-state index in [0.29, 0.717) is 0 Å². The summed E-state index contributed by atoms with van der Waals surface area (Å²) in [7, 11) is 0. The van der Waals surface area contributed by atoms with Gasteiger partial charge in [0.05, 0.1) is 17.6 Å². The molecule has 20 heavy (non-hydrogen) atoms. The Hall–Kier alpha value is -2.81. The zero-order valence-corrected chi connectivity index (χ0v) is 10.8. The molecule has 0 unspecified atom stereocenters. The van der Waals surface area contributed by atoms with E-state index in [1.165, 1.54) is 0 Å². The monoisotopic (exact) mass is 262 g/mol. The lowest BCUT2D eigenvalue weighted by Crippen LogP contribution is -1.97. The maximum absolute atomic E-state index is 9.25. The van der Waals surface area contributed by atoms with Crippen molar-refractivity contribution in [3.8, 4) is 11.4 Å². The molecule has 1 N–H and O–H groups in total. The number of hydrogen-bond donors (Lipinski definition) is 1. The lowest BCUT2D eigenvalue weighted by Gasteiger charge is -2.05. The smallest absolute Gasteiger partial charge is 0.115 e. The highest BCUT2D eigenvalue weighted by molar-refractivity contribution is 5.81. The van der Waals surface area contributed by atoms with Crippen LogP contribution in [0.1, 0.15) is 5.69 Å². The summed E-state index contributed by atoms with van der Waals surface area (Å²) in [5.74, 6) is 0.247. The number of aliphatic imine (C=N–C) groups is 1. The van der Waals surface area contributed by atoms with Crippen LogP contribution in [0.4, 0.5) is 5.69 Å². The van der Waals surface area contributed by atoms with Crippen molar-refractivity contribution in [1.82, 2.24) is 4.57 Å². The van der Waals surface area contributed by atoms with Gasteiger partial charge in [-0.05, 0) is 48.5 Å². The van der Waals surface area contributed by atoms with Crippen LogP contribution in [0.3, 0.4) is 0 Å². The first kappa shape index (κ1) is 12.2. The fourth-order valence-electron chi connectivity index (χ4n) is 2.00. The molecule has 3 aromatic rings. The molecule has 0 aliphatic heterocycles. The molecule has 0 atom stereocenters. The van der Waals surface area contributed by atoms with Crippen molar-refractivity contribution in [2.24, 2.45) is 4.99 Å². The lowest BCUT2D eigenvalue weighted by molar-refractivity contribution is 0.475. The van der Waals surface area contributed by atoms with Gasteiger partial charge in [-0.3, -0.25) is 4.99 Å². The summed E-state index contributed by atoms with van der Waals surface area (Å²) in [5.41, 5.74) is 2.91. The highest BCUT2D eigenvalue weighted by Gasteiger charge is 2.00. The zero-order valence-electron chi connectivity index (χ0n) is 10.8. The molecule has 0 fully saturated rings. The number of hydrogen-bond acceptors (Lipinski definition) is 2. The third-order valence-electron chi connectivity index (χ3n) is 3.01. The van der Waals surface area contributed by atoms with E-state index >= 15 is 0 Å². The second-order valence-corrected chi connectivity index (χ2v) is 4.41. The molecule has 0 saturated heterocycles. The zero-order chi connectivity index (χ0) is 13.8. The maximum Gasteiger partial charge on any atom is 0.115 e. The van der Waals surface area contributed by atoms with E-state index in [1.807, 2.05) is 42.7 Å². The molecule has 3 nitrogen and oxygen atoms in total. The average Bonchev–Trinajstić information content (AvgIpc) is 2.96. The van der Waals surface area contributed by atoms with Crippen LogP contribution in [-0.2, 0) is 0 Å². The first-order valence-electron chi connectivity index (χ1n) is 6.39. The summed E-state index contributed by atoms with van der Waals surface area (Å²) < 4.78 is 2.07. The topological polar surface area (TPSA) is 37.5 Å². The molecule has 1 heterocycles. The van der Waals surface area contributed by atoms with Gasteiger partial charge in [0.25, 0.3) is 0 Å². The predicted molar refractivity (Wildman–Crippen MR) is 81.1 cm³/mol. The van der Waals surface area contributed by atoms with Gasteiger partial charge < -0.3 is 9.67 Å². The molecule has 0 saturated carbocycles. The minimum atomic E-state index is 0.247. The first-order valence-corrected chi connectivity index (χ1v) is 6.39. The van der Waals surface area contributed by atoms with E-state index in [9.17, 15) is 5.11 Å². The Bertz CT molecular complexity index is 712. The summed E-state index contributed by atoms with van der Waals surface area (Å²) in [4.78, 5) is 4.42. The number of phenolic OH excluding ortho intramolecular Hbond substituents is 1. The van der Waals surface area contributed by atoms with Gasteiger partial charge in [0.1, 0.15) is 5.75 Å². The van der Waals surface area contributed by atoms with Crippen LogP contribution in [0, 0.1) is 0 Å². The highest BCUT2D eigenvalue weighted by atomic mass is 16.3. The Morgan fingerprint density at radius 3 is 2.35 bits per heavy atom.